The minimum Gasteiger partial charge on any atom is -0.352 e. The van der Waals surface area contributed by atoms with E-state index < -0.39 is 0 Å². The van der Waals surface area contributed by atoms with Crippen LogP contribution >= 0.6 is 11.8 Å². The summed E-state index contributed by atoms with van der Waals surface area (Å²) in [6.07, 6.45) is 4.60. The van der Waals surface area contributed by atoms with Gasteiger partial charge in [-0.25, -0.2) is 4.98 Å². The van der Waals surface area contributed by atoms with Gasteiger partial charge in [-0.15, -0.1) is 11.8 Å². The molecule has 1 aromatic heterocycles. The predicted molar refractivity (Wildman–Crippen MR) is 73.7 cm³/mol. The van der Waals surface area contributed by atoms with Crippen LogP contribution < -0.4 is 4.90 Å². The topological polar surface area (TPSA) is 16.1 Å². The summed E-state index contributed by atoms with van der Waals surface area (Å²) in [4.78, 5) is 8.49. The van der Waals surface area contributed by atoms with E-state index in [4.69, 9.17) is 0 Å². The molecule has 0 aliphatic carbocycles. The van der Waals surface area contributed by atoms with Crippen LogP contribution in [-0.2, 0) is 0 Å². The van der Waals surface area contributed by atoms with Crippen molar-refractivity contribution in [3.63, 3.8) is 0 Å². The van der Waals surface area contributed by atoms with Crippen molar-refractivity contribution in [2.75, 3.05) is 17.2 Å². The Morgan fingerprint density at radius 2 is 2.35 bits per heavy atom. The maximum absolute atomic E-state index is 4.58. The molecule has 0 spiro atoms. The van der Waals surface area contributed by atoms with Crippen LogP contribution in [0.3, 0.4) is 0 Å². The maximum atomic E-state index is 4.58. The SMILES string of the molecule is CC(C)C1CCN2c3ncccc3SCC2C1. The molecule has 0 aromatic carbocycles. The highest BCUT2D eigenvalue weighted by molar-refractivity contribution is 7.99. The molecular weight excluding hydrogens is 228 g/mol. The molecule has 2 nitrogen and oxygen atoms in total. The third-order valence-electron chi connectivity index (χ3n) is 4.15. The molecule has 3 rings (SSSR count). The number of piperidine rings is 1. The number of aromatic nitrogens is 1. The number of hydrogen-bond donors (Lipinski definition) is 0. The Bertz CT molecular complexity index is 405. The van der Waals surface area contributed by atoms with Gasteiger partial charge >= 0.3 is 0 Å². The average Bonchev–Trinajstić information content (AvgIpc) is 2.38. The fourth-order valence-electron chi connectivity index (χ4n) is 3.02. The summed E-state index contributed by atoms with van der Waals surface area (Å²) in [5, 5.41) is 0. The van der Waals surface area contributed by atoms with E-state index in [9.17, 15) is 0 Å². The number of anilines is 1. The molecule has 0 radical (unpaired) electrons. The van der Waals surface area contributed by atoms with E-state index in [2.05, 4.69) is 29.8 Å². The Kier molecular flexibility index (Phi) is 3.03. The van der Waals surface area contributed by atoms with Gasteiger partial charge in [0, 0.05) is 24.5 Å². The number of rotatable bonds is 1. The maximum Gasteiger partial charge on any atom is 0.142 e. The van der Waals surface area contributed by atoms with Crippen LogP contribution in [-0.4, -0.2) is 23.3 Å². The van der Waals surface area contributed by atoms with E-state index in [0.29, 0.717) is 6.04 Å². The van der Waals surface area contributed by atoms with Crippen LogP contribution in [0.1, 0.15) is 26.7 Å². The average molecular weight is 248 g/mol. The van der Waals surface area contributed by atoms with Gasteiger partial charge in [-0.3, -0.25) is 0 Å². The van der Waals surface area contributed by atoms with E-state index in [1.54, 1.807) is 0 Å². The fraction of sp³-hybridized carbons (Fsp3) is 0.643. The van der Waals surface area contributed by atoms with Crippen molar-refractivity contribution >= 4 is 17.6 Å². The first-order valence-corrected chi connectivity index (χ1v) is 7.58. The molecule has 2 aliphatic heterocycles. The first-order valence-electron chi connectivity index (χ1n) is 6.60. The first kappa shape index (κ1) is 11.4. The van der Waals surface area contributed by atoms with Gasteiger partial charge in [0.1, 0.15) is 5.82 Å². The fourth-order valence-corrected chi connectivity index (χ4v) is 4.18. The zero-order valence-electron chi connectivity index (χ0n) is 10.6. The van der Waals surface area contributed by atoms with E-state index in [0.717, 1.165) is 11.8 Å². The number of hydrogen-bond acceptors (Lipinski definition) is 3. The number of nitrogens with zero attached hydrogens (tertiary/aromatic N) is 2. The molecule has 3 heteroatoms. The van der Waals surface area contributed by atoms with Gasteiger partial charge in [0.15, 0.2) is 0 Å². The van der Waals surface area contributed by atoms with Crippen molar-refractivity contribution < 1.29 is 0 Å². The molecule has 0 N–H and O–H groups in total. The predicted octanol–water partition coefficient (Wildman–Crippen LogP) is 3.43. The molecule has 2 unspecified atom stereocenters. The van der Waals surface area contributed by atoms with Crippen molar-refractivity contribution in [2.24, 2.45) is 11.8 Å². The highest BCUT2D eigenvalue weighted by Gasteiger charge is 2.34. The summed E-state index contributed by atoms with van der Waals surface area (Å²) >= 11 is 1.98. The summed E-state index contributed by atoms with van der Waals surface area (Å²) in [5.41, 5.74) is 0. The highest BCUT2D eigenvalue weighted by Crippen LogP contribution is 2.41. The quantitative estimate of drug-likeness (QED) is 0.757. The molecule has 3 heterocycles. The zero-order valence-corrected chi connectivity index (χ0v) is 11.4. The molecule has 92 valence electrons. The minimum absolute atomic E-state index is 0.712. The monoisotopic (exact) mass is 248 g/mol. The third-order valence-corrected chi connectivity index (χ3v) is 5.33. The van der Waals surface area contributed by atoms with Crippen molar-refractivity contribution in [3.8, 4) is 0 Å². The Balaban J connectivity index is 1.83. The van der Waals surface area contributed by atoms with Crippen molar-refractivity contribution in [2.45, 2.75) is 37.6 Å². The Labute approximate surface area is 108 Å². The lowest BCUT2D eigenvalue weighted by atomic mass is 9.83. The van der Waals surface area contributed by atoms with E-state index in [1.807, 2.05) is 24.0 Å². The minimum atomic E-state index is 0.712. The van der Waals surface area contributed by atoms with Crippen molar-refractivity contribution in [1.29, 1.82) is 0 Å². The van der Waals surface area contributed by atoms with Crippen LogP contribution in [0.4, 0.5) is 5.82 Å². The van der Waals surface area contributed by atoms with Gasteiger partial charge in [-0.2, -0.15) is 0 Å². The largest absolute Gasteiger partial charge is 0.352 e. The lowest BCUT2D eigenvalue weighted by molar-refractivity contribution is 0.277. The van der Waals surface area contributed by atoms with Crippen LogP contribution in [0.15, 0.2) is 23.2 Å². The molecule has 2 atom stereocenters. The molecule has 17 heavy (non-hydrogen) atoms. The van der Waals surface area contributed by atoms with Crippen LogP contribution in [0.2, 0.25) is 0 Å². The molecular formula is C14H20N2S. The van der Waals surface area contributed by atoms with E-state index in [-0.39, 0.29) is 0 Å². The molecule has 2 aliphatic rings. The Hall–Kier alpha value is -0.700. The standard InChI is InChI=1S/C14H20N2S/c1-10(2)11-5-7-16-12(8-11)9-17-13-4-3-6-15-14(13)16/h3-4,6,10-12H,5,7-9H2,1-2H3. The highest BCUT2D eigenvalue weighted by atomic mass is 32.2. The summed E-state index contributed by atoms with van der Waals surface area (Å²) < 4.78 is 0. The summed E-state index contributed by atoms with van der Waals surface area (Å²) in [7, 11) is 0. The lowest BCUT2D eigenvalue weighted by Crippen LogP contribution is -2.47. The normalized spacial score (nSPS) is 27.8. The van der Waals surface area contributed by atoms with Gasteiger partial charge in [0.2, 0.25) is 0 Å². The van der Waals surface area contributed by atoms with Crippen LogP contribution in [0.5, 0.6) is 0 Å². The van der Waals surface area contributed by atoms with E-state index >= 15 is 0 Å². The first-order chi connectivity index (χ1) is 8.25. The number of pyridine rings is 1. The molecule has 1 saturated heterocycles. The smallest absolute Gasteiger partial charge is 0.142 e. The van der Waals surface area contributed by atoms with Gasteiger partial charge in [-0.1, -0.05) is 13.8 Å². The second-order valence-corrected chi connectivity index (χ2v) is 6.57. The second-order valence-electron chi connectivity index (χ2n) is 5.51. The Morgan fingerprint density at radius 3 is 3.18 bits per heavy atom. The van der Waals surface area contributed by atoms with Crippen LogP contribution in [0, 0.1) is 11.8 Å². The summed E-state index contributed by atoms with van der Waals surface area (Å²) in [6.45, 7) is 5.92. The molecule has 1 aromatic rings. The van der Waals surface area contributed by atoms with Crippen molar-refractivity contribution in [1.82, 2.24) is 4.98 Å². The van der Waals surface area contributed by atoms with Crippen LogP contribution in [0.25, 0.3) is 0 Å². The van der Waals surface area contributed by atoms with Gasteiger partial charge in [0.25, 0.3) is 0 Å². The third kappa shape index (κ3) is 2.05. The number of fused-ring (bicyclic) bond motifs is 3. The van der Waals surface area contributed by atoms with Gasteiger partial charge in [0.05, 0.1) is 4.90 Å². The molecule has 0 bridgehead atoms. The zero-order chi connectivity index (χ0) is 11.8. The van der Waals surface area contributed by atoms with Crippen molar-refractivity contribution in [3.05, 3.63) is 18.3 Å². The summed E-state index contributed by atoms with van der Waals surface area (Å²) in [6, 6.07) is 4.97. The molecule has 0 amide bonds. The van der Waals surface area contributed by atoms with Gasteiger partial charge in [-0.05, 0) is 36.8 Å². The van der Waals surface area contributed by atoms with E-state index in [1.165, 1.54) is 35.9 Å². The second kappa shape index (κ2) is 4.52. The van der Waals surface area contributed by atoms with Gasteiger partial charge < -0.3 is 4.90 Å². The number of thioether (sulfide) groups is 1. The Morgan fingerprint density at radius 1 is 1.47 bits per heavy atom. The molecule has 0 saturated carbocycles. The summed E-state index contributed by atoms with van der Waals surface area (Å²) in [5.74, 6) is 4.20. The lowest BCUT2D eigenvalue weighted by Gasteiger charge is -2.44. The molecule has 1 fully saturated rings.